The molecule has 0 spiro atoms. The van der Waals surface area contributed by atoms with Crippen molar-refractivity contribution in [3.63, 3.8) is 0 Å². The Morgan fingerprint density at radius 3 is 2.59 bits per heavy atom. The molecule has 0 fully saturated rings. The van der Waals surface area contributed by atoms with Crippen LogP contribution in [0.5, 0.6) is 0 Å². The molecule has 0 aliphatic heterocycles. The maximum absolute atomic E-state index is 8.93. The fourth-order valence-corrected chi connectivity index (χ4v) is 1.61. The van der Waals surface area contributed by atoms with Crippen molar-refractivity contribution in [3.8, 4) is 0 Å². The van der Waals surface area contributed by atoms with E-state index >= 15 is 0 Å². The molecule has 1 aromatic heterocycles. The molecule has 2 aromatic rings. The van der Waals surface area contributed by atoms with E-state index in [2.05, 4.69) is 4.98 Å². The number of aromatic nitrogens is 1. The molecule has 0 atom stereocenters. The van der Waals surface area contributed by atoms with E-state index in [1.54, 1.807) is 23.1 Å². The molecular weight excluding hydrogens is 222 g/mol. The lowest BCUT2D eigenvalue weighted by Crippen LogP contribution is -2.29. The molecule has 1 heterocycles. The normalized spacial score (nSPS) is 10.9. The van der Waals surface area contributed by atoms with Gasteiger partial charge in [-0.05, 0) is 18.2 Å². The van der Waals surface area contributed by atoms with Crippen LogP contribution in [0.3, 0.4) is 0 Å². The van der Waals surface area contributed by atoms with Crippen molar-refractivity contribution in [2.24, 2.45) is 0 Å². The molecule has 0 aliphatic rings. The van der Waals surface area contributed by atoms with Crippen LogP contribution in [0.1, 0.15) is 0 Å². The van der Waals surface area contributed by atoms with Gasteiger partial charge in [-0.1, -0.05) is 0 Å². The Kier molecular flexibility index (Phi) is 3.46. The number of nitrogens with two attached hydrogens (primary N) is 1. The molecule has 1 aromatic carbocycles. The number of benzene rings is 1. The third-order valence-electron chi connectivity index (χ3n) is 2.41. The van der Waals surface area contributed by atoms with Gasteiger partial charge in [0.15, 0.2) is 5.58 Å². The Morgan fingerprint density at radius 2 is 1.94 bits per heavy atom. The molecule has 2 rings (SSSR count). The number of hydrogen-bond acceptors (Lipinski definition) is 6. The van der Waals surface area contributed by atoms with Crippen molar-refractivity contribution in [3.05, 3.63) is 18.2 Å². The minimum absolute atomic E-state index is 0.0269. The Balaban J connectivity index is 2.33. The van der Waals surface area contributed by atoms with Crippen LogP contribution in [-0.4, -0.2) is 41.5 Å². The monoisotopic (exact) mass is 237 g/mol. The molecular formula is C11H15N3O3. The molecule has 0 bridgehead atoms. The number of nitrogen functional groups attached to an aromatic ring is 1. The van der Waals surface area contributed by atoms with E-state index in [-0.39, 0.29) is 13.2 Å². The molecule has 0 radical (unpaired) electrons. The highest BCUT2D eigenvalue weighted by molar-refractivity contribution is 5.78. The van der Waals surface area contributed by atoms with E-state index < -0.39 is 0 Å². The van der Waals surface area contributed by atoms with Crippen molar-refractivity contribution in [1.29, 1.82) is 0 Å². The summed E-state index contributed by atoms with van der Waals surface area (Å²) in [6.07, 6.45) is 0. The number of nitrogens with zero attached hydrogens (tertiary/aromatic N) is 2. The van der Waals surface area contributed by atoms with Crippen molar-refractivity contribution in [2.45, 2.75) is 0 Å². The number of aliphatic hydroxyl groups is 2. The smallest absolute Gasteiger partial charge is 0.298 e. The Hall–Kier alpha value is -1.79. The lowest BCUT2D eigenvalue weighted by molar-refractivity contribution is 0.277. The zero-order chi connectivity index (χ0) is 12.3. The first-order chi connectivity index (χ1) is 8.24. The van der Waals surface area contributed by atoms with Gasteiger partial charge in [-0.15, -0.1) is 0 Å². The van der Waals surface area contributed by atoms with E-state index in [4.69, 9.17) is 20.4 Å². The van der Waals surface area contributed by atoms with Crippen LogP contribution in [-0.2, 0) is 0 Å². The summed E-state index contributed by atoms with van der Waals surface area (Å²) in [7, 11) is 0. The van der Waals surface area contributed by atoms with Gasteiger partial charge in [0.25, 0.3) is 6.01 Å². The van der Waals surface area contributed by atoms with E-state index in [1.165, 1.54) is 0 Å². The summed E-state index contributed by atoms with van der Waals surface area (Å²) in [5.74, 6) is 0. The van der Waals surface area contributed by atoms with Gasteiger partial charge in [-0.3, -0.25) is 0 Å². The highest BCUT2D eigenvalue weighted by Gasteiger charge is 2.13. The molecule has 0 saturated carbocycles. The van der Waals surface area contributed by atoms with Crippen LogP contribution >= 0.6 is 0 Å². The topological polar surface area (TPSA) is 95.8 Å². The average molecular weight is 237 g/mol. The summed E-state index contributed by atoms with van der Waals surface area (Å²) in [5, 5.41) is 17.9. The number of rotatable bonds is 5. The third-order valence-corrected chi connectivity index (χ3v) is 2.41. The van der Waals surface area contributed by atoms with Crippen molar-refractivity contribution in [1.82, 2.24) is 4.98 Å². The van der Waals surface area contributed by atoms with Crippen LogP contribution in [0.2, 0.25) is 0 Å². The highest BCUT2D eigenvalue weighted by atomic mass is 16.4. The third kappa shape index (κ3) is 2.48. The molecule has 17 heavy (non-hydrogen) atoms. The second-order valence-corrected chi connectivity index (χ2v) is 3.66. The second kappa shape index (κ2) is 5.03. The maximum atomic E-state index is 8.93. The first kappa shape index (κ1) is 11.7. The lowest BCUT2D eigenvalue weighted by atomic mass is 10.3. The summed E-state index contributed by atoms with van der Waals surface area (Å²) >= 11 is 0. The lowest BCUT2D eigenvalue weighted by Gasteiger charge is -2.17. The molecule has 0 unspecified atom stereocenters. The predicted molar refractivity (Wildman–Crippen MR) is 64.8 cm³/mol. The van der Waals surface area contributed by atoms with Crippen molar-refractivity contribution < 1.29 is 14.6 Å². The zero-order valence-electron chi connectivity index (χ0n) is 9.33. The number of hydrogen-bond donors (Lipinski definition) is 3. The van der Waals surface area contributed by atoms with Gasteiger partial charge < -0.3 is 25.3 Å². The molecule has 4 N–H and O–H groups in total. The molecule has 6 heteroatoms. The van der Waals surface area contributed by atoms with Crippen LogP contribution in [0, 0.1) is 0 Å². The second-order valence-electron chi connectivity index (χ2n) is 3.66. The van der Waals surface area contributed by atoms with Gasteiger partial charge >= 0.3 is 0 Å². The van der Waals surface area contributed by atoms with Crippen molar-refractivity contribution in [2.75, 3.05) is 36.9 Å². The molecule has 0 saturated heterocycles. The Bertz CT molecular complexity index is 492. The maximum Gasteiger partial charge on any atom is 0.298 e. The van der Waals surface area contributed by atoms with Crippen LogP contribution in [0.15, 0.2) is 22.6 Å². The first-order valence-corrected chi connectivity index (χ1v) is 5.37. The van der Waals surface area contributed by atoms with Gasteiger partial charge in [0.1, 0.15) is 5.52 Å². The van der Waals surface area contributed by atoms with Gasteiger partial charge in [-0.2, -0.15) is 4.98 Å². The number of anilines is 2. The van der Waals surface area contributed by atoms with E-state index in [0.717, 1.165) is 0 Å². The minimum atomic E-state index is -0.0269. The molecule has 92 valence electrons. The minimum Gasteiger partial charge on any atom is -0.423 e. The van der Waals surface area contributed by atoms with Crippen LogP contribution in [0.25, 0.3) is 11.1 Å². The first-order valence-electron chi connectivity index (χ1n) is 5.37. The van der Waals surface area contributed by atoms with Crippen molar-refractivity contribution >= 4 is 22.8 Å². The SMILES string of the molecule is Nc1ccc2oc(N(CCO)CCO)nc2c1. The molecule has 0 aliphatic carbocycles. The summed E-state index contributed by atoms with van der Waals surface area (Å²) in [4.78, 5) is 5.94. The van der Waals surface area contributed by atoms with E-state index in [1.807, 2.05) is 0 Å². The predicted octanol–water partition coefficient (Wildman–Crippen LogP) is 0.201. The van der Waals surface area contributed by atoms with Gasteiger partial charge in [-0.25, -0.2) is 0 Å². The number of fused-ring (bicyclic) bond motifs is 1. The van der Waals surface area contributed by atoms with Crippen LogP contribution < -0.4 is 10.6 Å². The molecule has 6 nitrogen and oxygen atoms in total. The average Bonchev–Trinajstić information content (AvgIpc) is 2.71. The van der Waals surface area contributed by atoms with Gasteiger partial charge in [0.05, 0.1) is 13.2 Å². The quantitative estimate of drug-likeness (QED) is 0.643. The van der Waals surface area contributed by atoms with Gasteiger partial charge in [0.2, 0.25) is 0 Å². The molecule has 0 amide bonds. The largest absolute Gasteiger partial charge is 0.423 e. The standard InChI is InChI=1S/C11H15N3O3/c12-8-1-2-10-9(7-8)13-11(17-10)14(3-5-15)4-6-16/h1-2,7,15-16H,3-6,12H2. The summed E-state index contributed by atoms with van der Waals surface area (Å²) in [5.41, 5.74) is 7.57. The fourth-order valence-electron chi connectivity index (χ4n) is 1.61. The van der Waals surface area contributed by atoms with E-state index in [0.29, 0.717) is 35.9 Å². The van der Waals surface area contributed by atoms with E-state index in [9.17, 15) is 0 Å². The fraction of sp³-hybridized carbons (Fsp3) is 0.364. The Labute approximate surface area is 98.3 Å². The Morgan fingerprint density at radius 1 is 1.24 bits per heavy atom. The zero-order valence-corrected chi connectivity index (χ0v) is 9.33. The summed E-state index contributed by atoms with van der Waals surface area (Å²) in [6, 6.07) is 5.59. The highest BCUT2D eigenvalue weighted by Crippen LogP contribution is 2.23. The summed E-state index contributed by atoms with van der Waals surface area (Å²) < 4.78 is 5.53. The van der Waals surface area contributed by atoms with Crippen LogP contribution in [0.4, 0.5) is 11.7 Å². The number of oxazole rings is 1. The summed E-state index contributed by atoms with van der Waals surface area (Å²) in [6.45, 7) is 0.674. The number of aliphatic hydroxyl groups excluding tert-OH is 2. The van der Waals surface area contributed by atoms with Gasteiger partial charge in [0, 0.05) is 18.8 Å².